The fourth-order valence-corrected chi connectivity index (χ4v) is 3.58. The van der Waals surface area contributed by atoms with Crippen LogP contribution in [0.15, 0.2) is 30.6 Å². The minimum absolute atomic E-state index is 0.0237. The molecule has 2 N–H and O–H groups in total. The van der Waals surface area contributed by atoms with Crippen LogP contribution in [0, 0.1) is 18.7 Å². The Hall–Kier alpha value is -3.03. The molecule has 2 amide bonds. The van der Waals surface area contributed by atoms with E-state index in [4.69, 9.17) is 0 Å². The zero-order chi connectivity index (χ0) is 18.4. The number of anilines is 1. The Bertz CT molecular complexity index is 887. The first-order valence-electron chi connectivity index (χ1n) is 8.34. The van der Waals surface area contributed by atoms with Gasteiger partial charge >= 0.3 is 6.09 Å². The normalized spacial score (nSPS) is 23.5. The molecule has 2 heterocycles. The summed E-state index contributed by atoms with van der Waals surface area (Å²) >= 11 is 0. The summed E-state index contributed by atoms with van der Waals surface area (Å²) in [7, 11) is 0. The van der Waals surface area contributed by atoms with Gasteiger partial charge in [0.15, 0.2) is 11.6 Å². The van der Waals surface area contributed by atoms with Gasteiger partial charge in [0, 0.05) is 17.3 Å². The van der Waals surface area contributed by atoms with Crippen LogP contribution in [-0.2, 0) is 4.79 Å². The lowest BCUT2D eigenvalue weighted by molar-refractivity contribution is -0.120. The Morgan fingerprint density at radius 1 is 1.27 bits per heavy atom. The first-order valence-corrected chi connectivity index (χ1v) is 8.34. The molecule has 0 bridgehead atoms. The lowest BCUT2D eigenvalue weighted by atomic mass is 10.1. The predicted octanol–water partition coefficient (Wildman–Crippen LogP) is 2.67. The van der Waals surface area contributed by atoms with Crippen molar-refractivity contribution >= 4 is 17.7 Å². The van der Waals surface area contributed by atoms with Crippen LogP contribution in [0.5, 0.6) is 0 Å². The van der Waals surface area contributed by atoms with Crippen molar-refractivity contribution in [3.05, 3.63) is 42.0 Å². The maximum atomic E-state index is 13.0. The second kappa shape index (κ2) is 6.05. The molecule has 1 aromatic heterocycles. The van der Waals surface area contributed by atoms with Crippen molar-refractivity contribution in [2.45, 2.75) is 31.8 Å². The number of hydrogen-bond donors (Lipinski definition) is 2. The first-order chi connectivity index (χ1) is 12.4. The third-order valence-corrected chi connectivity index (χ3v) is 4.99. The number of halogens is 1. The Kier molecular flexibility index (Phi) is 3.82. The number of carbonyl (C=O) groups excluding carboxylic acids is 1. The molecule has 1 aliphatic carbocycles. The van der Waals surface area contributed by atoms with E-state index in [1.807, 2.05) is 6.92 Å². The Morgan fingerprint density at radius 3 is 2.69 bits per heavy atom. The van der Waals surface area contributed by atoms with Crippen molar-refractivity contribution in [3.8, 4) is 11.4 Å². The van der Waals surface area contributed by atoms with Crippen LogP contribution in [0.4, 0.5) is 14.9 Å². The van der Waals surface area contributed by atoms with Crippen LogP contribution in [0.1, 0.15) is 18.4 Å². The van der Waals surface area contributed by atoms with Crippen molar-refractivity contribution < 1.29 is 19.1 Å². The van der Waals surface area contributed by atoms with Gasteiger partial charge in [0.25, 0.3) is 0 Å². The highest BCUT2D eigenvalue weighted by molar-refractivity contribution is 5.97. The third-order valence-electron chi connectivity index (χ3n) is 4.99. The number of nitrogens with one attached hydrogen (secondary N) is 1. The molecule has 1 saturated heterocycles. The topological polar surface area (TPSA) is 95.4 Å². The first kappa shape index (κ1) is 16.4. The molecule has 1 aliphatic heterocycles. The number of carboxylic acid groups (broad SMARTS) is 1. The molecular weight excluding hydrogens is 339 g/mol. The predicted molar refractivity (Wildman–Crippen MR) is 91.0 cm³/mol. The van der Waals surface area contributed by atoms with Crippen LogP contribution in [0.2, 0.25) is 0 Å². The summed E-state index contributed by atoms with van der Waals surface area (Å²) in [4.78, 5) is 33.2. The number of fused-ring (bicyclic) bond motifs is 1. The number of likely N-dealkylation sites (tertiary alicyclic amines) is 1. The highest BCUT2D eigenvalue weighted by atomic mass is 19.1. The van der Waals surface area contributed by atoms with Gasteiger partial charge in [-0.3, -0.25) is 9.69 Å². The summed E-state index contributed by atoms with van der Waals surface area (Å²) in [6.07, 6.45) is 2.51. The summed E-state index contributed by atoms with van der Waals surface area (Å²) in [5.41, 5.74) is 2.07. The maximum absolute atomic E-state index is 13.0. The minimum Gasteiger partial charge on any atom is -0.465 e. The third kappa shape index (κ3) is 2.87. The lowest BCUT2D eigenvalue weighted by Gasteiger charge is -2.23. The number of piperidine rings is 1. The summed E-state index contributed by atoms with van der Waals surface area (Å²) in [5, 5.41) is 12.1. The number of carbonyl (C=O) groups is 2. The molecule has 2 aromatic rings. The van der Waals surface area contributed by atoms with E-state index in [1.54, 1.807) is 18.2 Å². The number of amides is 2. The molecule has 8 heteroatoms. The molecule has 4 rings (SSSR count). The average Bonchev–Trinajstić information content (AvgIpc) is 3.26. The van der Waals surface area contributed by atoms with E-state index in [0.29, 0.717) is 29.4 Å². The van der Waals surface area contributed by atoms with E-state index in [9.17, 15) is 19.1 Å². The van der Waals surface area contributed by atoms with Crippen molar-refractivity contribution in [1.29, 1.82) is 0 Å². The van der Waals surface area contributed by atoms with Gasteiger partial charge in [-0.25, -0.2) is 19.2 Å². The van der Waals surface area contributed by atoms with E-state index in [0.717, 1.165) is 24.4 Å². The quantitative estimate of drug-likeness (QED) is 0.881. The molecule has 0 radical (unpaired) electrons. The molecule has 1 aromatic carbocycles. The van der Waals surface area contributed by atoms with E-state index in [1.165, 1.54) is 4.90 Å². The molecule has 26 heavy (non-hydrogen) atoms. The van der Waals surface area contributed by atoms with E-state index in [2.05, 4.69) is 15.3 Å². The van der Waals surface area contributed by atoms with Gasteiger partial charge < -0.3 is 10.4 Å². The van der Waals surface area contributed by atoms with Crippen molar-refractivity contribution in [2.75, 3.05) is 5.32 Å². The van der Waals surface area contributed by atoms with E-state index < -0.39 is 18.0 Å². The summed E-state index contributed by atoms with van der Waals surface area (Å²) in [6, 6.07) is 4.56. The molecule has 1 saturated carbocycles. The number of aryl methyl sites for hydroxylation is 1. The van der Waals surface area contributed by atoms with Crippen LogP contribution in [-0.4, -0.2) is 44.1 Å². The number of nitrogens with zero attached hydrogens (tertiary/aromatic N) is 3. The molecular formula is C18H17FN4O3. The highest BCUT2D eigenvalue weighted by Gasteiger charge is 2.56. The molecule has 3 atom stereocenters. The molecule has 7 nitrogen and oxygen atoms in total. The standard InChI is InChI=1S/C18H17FN4O3/c1-9-2-3-12(6-13(9)16-20-7-11(19)8-21-16)22-17(24)15-5-10-4-14(10)23(15)18(25)26/h2-3,6-8,10,14-15H,4-5H2,1H3,(H,22,24)(H,25,26). The summed E-state index contributed by atoms with van der Waals surface area (Å²) in [6.45, 7) is 1.87. The average molecular weight is 356 g/mol. The SMILES string of the molecule is Cc1ccc(NC(=O)C2CC3CC3N2C(=O)O)cc1-c1ncc(F)cn1. The Balaban J connectivity index is 1.55. The molecule has 0 spiro atoms. The lowest BCUT2D eigenvalue weighted by Crippen LogP contribution is -2.44. The molecule has 2 fully saturated rings. The van der Waals surface area contributed by atoms with Gasteiger partial charge in [0.1, 0.15) is 6.04 Å². The van der Waals surface area contributed by atoms with Gasteiger partial charge in [0.05, 0.1) is 12.4 Å². The summed E-state index contributed by atoms with van der Waals surface area (Å²) < 4.78 is 13.0. The van der Waals surface area contributed by atoms with Gasteiger partial charge in [-0.1, -0.05) is 6.07 Å². The maximum Gasteiger partial charge on any atom is 0.408 e. The fourth-order valence-electron chi connectivity index (χ4n) is 3.58. The smallest absolute Gasteiger partial charge is 0.408 e. The molecule has 3 unspecified atom stereocenters. The van der Waals surface area contributed by atoms with E-state index >= 15 is 0 Å². The van der Waals surface area contributed by atoms with Crippen LogP contribution in [0.25, 0.3) is 11.4 Å². The van der Waals surface area contributed by atoms with Crippen LogP contribution >= 0.6 is 0 Å². The number of rotatable bonds is 3. The largest absolute Gasteiger partial charge is 0.465 e. The van der Waals surface area contributed by atoms with Gasteiger partial charge in [-0.2, -0.15) is 0 Å². The number of aromatic nitrogens is 2. The van der Waals surface area contributed by atoms with Crippen LogP contribution in [0.3, 0.4) is 0 Å². The second-order valence-corrected chi connectivity index (χ2v) is 6.75. The Labute approximate surface area is 148 Å². The zero-order valence-electron chi connectivity index (χ0n) is 14.0. The van der Waals surface area contributed by atoms with Gasteiger partial charge in [-0.05, 0) is 43.4 Å². The van der Waals surface area contributed by atoms with Crippen molar-refractivity contribution in [2.24, 2.45) is 5.92 Å². The minimum atomic E-state index is -1.06. The Morgan fingerprint density at radius 2 is 2.00 bits per heavy atom. The highest BCUT2D eigenvalue weighted by Crippen LogP contribution is 2.48. The molecule has 134 valence electrons. The van der Waals surface area contributed by atoms with Gasteiger partial charge in [-0.15, -0.1) is 0 Å². The monoisotopic (exact) mass is 356 g/mol. The molecule has 2 aliphatic rings. The number of hydrogen-bond acceptors (Lipinski definition) is 4. The second-order valence-electron chi connectivity index (χ2n) is 6.75. The van der Waals surface area contributed by atoms with Crippen molar-refractivity contribution in [1.82, 2.24) is 14.9 Å². The van der Waals surface area contributed by atoms with Gasteiger partial charge in [0.2, 0.25) is 5.91 Å². The van der Waals surface area contributed by atoms with Crippen LogP contribution < -0.4 is 5.32 Å². The van der Waals surface area contributed by atoms with Crippen molar-refractivity contribution in [3.63, 3.8) is 0 Å². The number of benzene rings is 1. The fraction of sp³-hybridized carbons (Fsp3) is 0.333. The summed E-state index contributed by atoms with van der Waals surface area (Å²) in [5.74, 6) is -0.212. The van der Waals surface area contributed by atoms with E-state index in [-0.39, 0.29) is 11.9 Å². The zero-order valence-corrected chi connectivity index (χ0v) is 14.0.